The van der Waals surface area contributed by atoms with Gasteiger partial charge < -0.3 is 15.3 Å². The van der Waals surface area contributed by atoms with Crippen LogP contribution in [0.5, 0.6) is 0 Å². The van der Waals surface area contributed by atoms with E-state index in [1.165, 1.54) is 31.3 Å². The third kappa shape index (κ3) is 5.00. The Hall–Kier alpha value is -1.16. The highest BCUT2D eigenvalue weighted by molar-refractivity contribution is 5.39. The van der Waals surface area contributed by atoms with Gasteiger partial charge in [0, 0.05) is 11.8 Å². The number of allylic oxidation sites excluding steroid dienone is 4. The maximum Gasteiger partial charge on any atom is 0.0837 e. The molecule has 0 aromatic heterocycles. The van der Waals surface area contributed by atoms with Gasteiger partial charge in [-0.25, -0.2) is 0 Å². The zero-order valence-corrected chi connectivity index (χ0v) is 21.1. The summed E-state index contributed by atoms with van der Waals surface area (Å²) in [5.41, 5.74) is 2.91. The molecule has 0 amide bonds. The summed E-state index contributed by atoms with van der Waals surface area (Å²) in [7, 11) is 0. The van der Waals surface area contributed by atoms with E-state index < -0.39 is 17.8 Å². The molecule has 3 aliphatic rings. The Kier molecular flexibility index (Phi) is 7.64. The van der Waals surface area contributed by atoms with E-state index in [-0.39, 0.29) is 11.8 Å². The number of fused-ring (bicyclic) bond motifs is 1. The SMILES string of the molecule is C=C1/C(=C\C=C2/CCC[C@]3(C)[C@@H]([C@H](C)/C=C/[C@H](C)C(C)(C)O)CC[C@@H]23)C[C@@H](O)[C@H](C)[C@@H]1O. The van der Waals surface area contributed by atoms with Crippen molar-refractivity contribution in [1.82, 2.24) is 0 Å². The Bertz CT molecular complexity index is 783. The molecule has 0 radical (unpaired) electrons. The first-order chi connectivity index (χ1) is 14.9. The van der Waals surface area contributed by atoms with Crippen molar-refractivity contribution in [3.63, 3.8) is 0 Å². The Morgan fingerprint density at radius 2 is 1.81 bits per heavy atom. The summed E-state index contributed by atoms with van der Waals surface area (Å²) in [6, 6.07) is 0. The standard InChI is InChI=1S/C29H46O3/c1-18(10-11-19(2)28(5,6)32)24-14-15-25-22(9-8-16-29(24,25)7)12-13-23-17-26(30)21(4)27(31)20(23)3/h10-13,18-19,21,24-27,30-32H,3,8-9,14-17H2,1-2,4-7H3/b11-10+,22-12+,23-13-/t18-,19+,21+,24-,25+,26-,27-,29-/m1/s1. The van der Waals surface area contributed by atoms with Crippen LogP contribution < -0.4 is 0 Å². The number of aliphatic hydroxyl groups is 3. The molecule has 0 aromatic rings. The molecule has 180 valence electrons. The molecule has 0 saturated heterocycles. The van der Waals surface area contributed by atoms with Crippen molar-refractivity contribution in [3.05, 3.63) is 47.6 Å². The summed E-state index contributed by atoms with van der Waals surface area (Å²) < 4.78 is 0. The van der Waals surface area contributed by atoms with Gasteiger partial charge in [0.05, 0.1) is 17.8 Å². The van der Waals surface area contributed by atoms with Crippen molar-refractivity contribution in [2.75, 3.05) is 0 Å². The van der Waals surface area contributed by atoms with Crippen LogP contribution in [0.2, 0.25) is 0 Å². The van der Waals surface area contributed by atoms with Gasteiger partial charge in [-0.2, -0.15) is 0 Å². The Morgan fingerprint density at radius 3 is 2.47 bits per heavy atom. The van der Waals surface area contributed by atoms with Crippen LogP contribution in [0.15, 0.2) is 47.6 Å². The van der Waals surface area contributed by atoms with Gasteiger partial charge >= 0.3 is 0 Å². The highest BCUT2D eigenvalue weighted by atomic mass is 16.3. The second-order valence-electron chi connectivity index (χ2n) is 11.8. The number of hydrogen-bond donors (Lipinski definition) is 3. The van der Waals surface area contributed by atoms with Crippen molar-refractivity contribution < 1.29 is 15.3 Å². The van der Waals surface area contributed by atoms with E-state index in [4.69, 9.17) is 0 Å². The number of rotatable bonds is 5. The molecule has 3 rings (SSSR count). The Balaban J connectivity index is 1.77. The number of aliphatic hydroxyl groups excluding tert-OH is 2. The summed E-state index contributed by atoms with van der Waals surface area (Å²) >= 11 is 0. The molecule has 0 unspecified atom stereocenters. The predicted octanol–water partition coefficient (Wildman–Crippen LogP) is 5.97. The lowest BCUT2D eigenvalue weighted by molar-refractivity contribution is 0.0283. The minimum absolute atomic E-state index is 0.139. The van der Waals surface area contributed by atoms with Crippen molar-refractivity contribution >= 4 is 0 Å². The third-order valence-electron chi connectivity index (χ3n) is 9.29. The molecule has 0 aliphatic heterocycles. The highest BCUT2D eigenvalue weighted by Crippen LogP contribution is 2.59. The molecule has 3 N–H and O–H groups in total. The average molecular weight is 443 g/mol. The molecule has 0 bridgehead atoms. The smallest absolute Gasteiger partial charge is 0.0837 e. The fourth-order valence-electron chi connectivity index (χ4n) is 6.50. The van der Waals surface area contributed by atoms with Crippen LogP contribution >= 0.6 is 0 Å². The van der Waals surface area contributed by atoms with Crippen LogP contribution in [0.4, 0.5) is 0 Å². The van der Waals surface area contributed by atoms with Gasteiger partial charge in [0.2, 0.25) is 0 Å². The largest absolute Gasteiger partial charge is 0.392 e. The summed E-state index contributed by atoms with van der Waals surface area (Å²) in [6.07, 6.45) is 14.5. The third-order valence-corrected chi connectivity index (χ3v) is 9.29. The summed E-state index contributed by atoms with van der Waals surface area (Å²) in [5.74, 6) is 1.74. The topological polar surface area (TPSA) is 60.7 Å². The second-order valence-corrected chi connectivity index (χ2v) is 11.8. The molecule has 0 spiro atoms. The zero-order chi connectivity index (χ0) is 23.8. The van der Waals surface area contributed by atoms with E-state index in [1.807, 2.05) is 20.8 Å². The Morgan fingerprint density at radius 1 is 1.12 bits per heavy atom. The summed E-state index contributed by atoms with van der Waals surface area (Å²) in [4.78, 5) is 0. The monoisotopic (exact) mass is 442 g/mol. The van der Waals surface area contributed by atoms with E-state index in [0.29, 0.717) is 29.6 Å². The van der Waals surface area contributed by atoms with Crippen molar-refractivity contribution in [3.8, 4) is 0 Å². The van der Waals surface area contributed by atoms with Crippen LogP contribution in [0.3, 0.4) is 0 Å². The van der Waals surface area contributed by atoms with Gasteiger partial charge in [-0.15, -0.1) is 0 Å². The maximum absolute atomic E-state index is 10.4. The second kappa shape index (κ2) is 9.60. The number of hydrogen-bond acceptors (Lipinski definition) is 3. The average Bonchev–Trinajstić information content (AvgIpc) is 3.08. The first-order valence-electron chi connectivity index (χ1n) is 12.7. The fourth-order valence-corrected chi connectivity index (χ4v) is 6.50. The van der Waals surface area contributed by atoms with Crippen LogP contribution in [0.25, 0.3) is 0 Å². The lowest BCUT2D eigenvalue weighted by Gasteiger charge is -2.44. The van der Waals surface area contributed by atoms with Gasteiger partial charge in [-0.05, 0) is 86.7 Å². The molecule has 8 atom stereocenters. The van der Waals surface area contributed by atoms with Crippen molar-refractivity contribution in [2.24, 2.45) is 35.0 Å². The molecule has 32 heavy (non-hydrogen) atoms. The summed E-state index contributed by atoms with van der Waals surface area (Å²) in [5, 5.41) is 31.0. The normalized spacial score (nSPS) is 40.8. The lowest BCUT2D eigenvalue weighted by atomic mass is 9.61. The van der Waals surface area contributed by atoms with E-state index in [0.717, 1.165) is 17.6 Å². The van der Waals surface area contributed by atoms with E-state index >= 15 is 0 Å². The molecule has 3 nitrogen and oxygen atoms in total. The van der Waals surface area contributed by atoms with Crippen LogP contribution in [0.1, 0.15) is 80.1 Å². The zero-order valence-electron chi connectivity index (χ0n) is 21.1. The quantitative estimate of drug-likeness (QED) is 0.460. The summed E-state index contributed by atoms with van der Waals surface area (Å²) in [6.45, 7) is 16.7. The van der Waals surface area contributed by atoms with E-state index in [9.17, 15) is 15.3 Å². The van der Waals surface area contributed by atoms with E-state index in [2.05, 4.69) is 51.7 Å². The molecule has 3 heteroatoms. The van der Waals surface area contributed by atoms with Gasteiger partial charge in [-0.1, -0.05) is 64.2 Å². The van der Waals surface area contributed by atoms with Gasteiger partial charge in [0.15, 0.2) is 0 Å². The minimum Gasteiger partial charge on any atom is -0.392 e. The van der Waals surface area contributed by atoms with Gasteiger partial charge in [-0.3, -0.25) is 0 Å². The highest BCUT2D eigenvalue weighted by Gasteiger charge is 2.50. The molecule has 3 saturated carbocycles. The lowest BCUT2D eigenvalue weighted by Crippen LogP contribution is -2.36. The fraction of sp³-hybridized carbons (Fsp3) is 0.724. The van der Waals surface area contributed by atoms with Crippen molar-refractivity contribution in [1.29, 1.82) is 0 Å². The molecular formula is C29H46O3. The first kappa shape index (κ1) is 25.5. The van der Waals surface area contributed by atoms with Crippen LogP contribution in [-0.4, -0.2) is 33.1 Å². The van der Waals surface area contributed by atoms with Gasteiger partial charge in [0.25, 0.3) is 0 Å². The van der Waals surface area contributed by atoms with Gasteiger partial charge in [0.1, 0.15) is 0 Å². The Labute approximate surface area is 196 Å². The molecule has 0 aromatic carbocycles. The molecule has 3 fully saturated rings. The minimum atomic E-state index is -0.686. The maximum atomic E-state index is 10.4. The molecular weight excluding hydrogens is 396 g/mol. The van der Waals surface area contributed by atoms with Crippen LogP contribution in [0, 0.1) is 35.0 Å². The predicted molar refractivity (Wildman–Crippen MR) is 133 cm³/mol. The molecule has 0 heterocycles. The molecule has 3 aliphatic carbocycles. The van der Waals surface area contributed by atoms with E-state index in [1.54, 1.807) is 0 Å². The van der Waals surface area contributed by atoms with Crippen molar-refractivity contribution in [2.45, 2.75) is 97.9 Å². The first-order valence-corrected chi connectivity index (χ1v) is 12.7. The van der Waals surface area contributed by atoms with Crippen LogP contribution in [-0.2, 0) is 0 Å².